The van der Waals surface area contributed by atoms with Gasteiger partial charge in [0.05, 0.1) is 11.8 Å². The largest absolute Gasteiger partial charge is 0.497 e. The molecule has 0 radical (unpaired) electrons. The summed E-state index contributed by atoms with van der Waals surface area (Å²) in [6.07, 6.45) is 8.57. The Labute approximate surface area is 131 Å². The molecule has 4 heterocycles. The molecular formula is C17H12N4O2. The van der Waals surface area contributed by atoms with Crippen LogP contribution in [0.25, 0.3) is 28.5 Å². The first-order valence-electron chi connectivity index (χ1n) is 7.45. The highest BCUT2D eigenvalue weighted by atomic mass is 16.5. The van der Waals surface area contributed by atoms with E-state index in [-0.39, 0.29) is 0 Å². The zero-order valence-electron chi connectivity index (χ0n) is 12.1. The average molecular weight is 304 g/mol. The number of aromatic nitrogens is 4. The molecule has 1 fully saturated rings. The van der Waals surface area contributed by atoms with Gasteiger partial charge in [0, 0.05) is 35.6 Å². The second-order valence-electron chi connectivity index (χ2n) is 5.69. The Kier molecular flexibility index (Phi) is 2.58. The highest BCUT2D eigenvalue weighted by Gasteiger charge is 2.46. The highest BCUT2D eigenvalue weighted by Crippen LogP contribution is 2.49. The van der Waals surface area contributed by atoms with Crippen molar-refractivity contribution in [1.82, 2.24) is 20.1 Å². The first kappa shape index (κ1) is 12.5. The van der Waals surface area contributed by atoms with Crippen LogP contribution in [0.4, 0.5) is 0 Å². The Bertz CT molecular complexity index is 904. The van der Waals surface area contributed by atoms with Crippen LogP contribution in [0.5, 0.6) is 0 Å². The molecule has 0 bridgehead atoms. The van der Waals surface area contributed by atoms with Crippen molar-refractivity contribution in [3.8, 4) is 23.0 Å². The number of hydrogen-bond acceptors (Lipinski definition) is 6. The molecule has 112 valence electrons. The van der Waals surface area contributed by atoms with Crippen molar-refractivity contribution >= 4 is 5.57 Å². The fraction of sp³-hybridized carbons (Fsp3) is 0.176. The molecule has 3 aromatic rings. The molecule has 0 amide bonds. The minimum absolute atomic E-state index is 0.368. The molecule has 5 rings (SSSR count). The van der Waals surface area contributed by atoms with E-state index in [1.54, 1.807) is 12.4 Å². The van der Waals surface area contributed by atoms with Gasteiger partial charge >= 0.3 is 0 Å². The molecule has 6 heteroatoms. The topological polar surface area (TPSA) is 73.9 Å². The quantitative estimate of drug-likeness (QED) is 0.740. The summed E-state index contributed by atoms with van der Waals surface area (Å²) in [7, 11) is 0. The van der Waals surface area contributed by atoms with E-state index in [2.05, 4.69) is 20.1 Å². The maximum atomic E-state index is 5.55. The van der Waals surface area contributed by atoms with Crippen LogP contribution in [-0.2, 0) is 4.74 Å². The monoisotopic (exact) mass is 304 g/mol. The van der Waals surface area contributed by atoms with Crippen LogP contribution in [-0.4, -0.2) is 26.2 Å². The lowest BCUT2D eigenvalue weighted by molar-refractivity contribution is 0.244. The second-order valence-corrected chi connectivity index (χ2v) is 5.69. The van der Waals surface area contributed by atoms with Gasteiger partial charge in [-0.05, 0) is 24.6 Å². The van der Waals surface area contributed by atoms with E-state index in [1.165, 1.54) is 5.57 Å². The van der Waals surface area contributed by atoms with Crippen molar-refractivity contribution < 1.29 is 9.26 Å². The van der Waals surface area contributed by atoms with E-state index in [0.29, 0.717) is 29.4 Å². The maximum Gasteiger partial charge on any atom is 0.259 e. The summed E-state index contributed by atoms with van der Waals surface area (Å²) in [5.74, 6) is 1.42. The Balaban J connectivity index is 1.49. The van der Waals surface area contributed by atoms with Gasteiger partial charge in [-0.15, -0.1) is 0 Å². The zero-order valence-corrected chi connectivity index (χ0v) is 12.1. The van der Waals surface area contributed by atoms with Crippen molar-refractivity contribution in [2.75, 3.05) is 0 Å². The summed E-state index contributed by atoms with van der Waals surface area (Å²) >= 11 is 0. The third-order valence-corrected chi connectivity index (χ3v) is 4.14. The van der Waals surface area contributed by atoms with E-state index >= 15 is 0 Å². The van der Waals surface area contributed by atoms with Crippen LogP contribution in [0.2, 0.25) is 0 Å². The summed E-state index contributed by atoms with van der Waals surface area (Å²) in [6.45, 7) is 0. The number of hydrogen-bond donors (Lipinski definition) is 0. The summed E-state index contributed by atoms with van der Waals surface area (Å²) in [4.78, 5) is 12.9. The van der Waals surface area contributed by atoms with Crippen LogP contribution in [0.1, 0.15) is 12.0 Å². The zero-order chi connectivity index (χ0) is 15.2. The van der Waals surface area contributed by atoms with Crippen LogP contribution in [0, 0.1) is 5.92 Å². The van der Waals surface area contributed by atoms with Gasteiger partial charge in [-0.1, -0.05) is 11.2 Å². The van der Waals surface area contributed by atoms with E-state index in [4.69, 9.17) is 9.26 Å². The third kappa shape index (κ3) is 2.11. The van der Waals surface area contributed by atoms with E-state index < -0.39 is 0 Å². The summed E-state index contributed by atoms with van der Waals surface area (Å²) in [6, 6.07) is 7.59. The number of pyridine rings is 2. The van der Waals surface area contributed by atoms with Gasteiger partial charge in [-0.25, -0.2) is 0 Å². The Hall–Kier alpha value is -3.02. The molecule has 2 unspecified atom stereocenters. The molecule has 0 N–H and O–H groups in total. The Morgan fingerprint density at radius 3 is 2.87 bits per heavy atom. The first-order chi connectivity index (χ1) is 11.4. The molecule has 2 atom stereocenters. The summed E-state index contributed by atoms with van der Waals surface area (Å²) in [5, 5.41) is 4.00. The van der Waals surface area contributed by atoms with Gasteiger partial charge in [-0.2, -0.15) is 4.98 Å². The molecule has 23 heavy (non-hydrogen) atoms. The smallest absolute Gasteiger partial charge is 0.259 e. The van der Waals surface area contributed by atoms with Crippen molar-refractivity contribution in [2.45, 2.75) is 12.5 Å². The lowest BCUT2D eigenvalue weighted by Gasteiger charge is -2.02. The van der Waals surface area contributed by atoms with Gasteiger partial charge in [-0.3, -0.25) is 9.97 Å². The fourth-order valence-electron chi connectivity index (χ4n) is 2.83. The fourth-order valence-corrected chi connectivity index (χ4v) is 2.83. The highest BCUT2D eigenvalue weighted by molar-refractivity contribution is 5.73. The van der Waals surface area contributed by atoms with Crippen molar-refractivity contribution in [3.63, 3.8) is 0 Å². The van der Waals surface area contributed by atoms with Crippen molar-refractivity contribution in [2.24, 2.45) is 5.92 Å². The number of ether oxygens (including phenoxy) is 1. The molecule has 6 nitrogen and oxygen atoms in total. The molecule has 0 saturated heterocycles. The molecule has 0 spiro atoms. The van der Waals surface area contributed by atoms with Gasteiger partial charge < -0.3 is 9.26 Å². The minimum atomic E-state index is 0.368. The molecule has 1 aliphatic heterocycles. The van der Waals surface area contributed by atoms with Crippen molar-refractivity contribution in [3.05, 3.63) is 54.7 Å². The van der Waals surface area contributed by atoms with E-state index in [0.717, 1.165) is 17.5 Å². The lowest BCUT2D eigenvalue weighted by atomic mass is 10.0. The van der Waals surface area contributed by atoms with Gasteiger partial charge in [0.2, 0.25) is 5.82 Å². The Morgan fingerprint density at radius 1 is 1.13 bits per heavy atom. The number of rotatable bonds is 3. The van der Waals surface area contributed by atoms with Gasteiger partial charge in [0.15, 0.2) is 0 Å². The van der Waals surface area contributed by atoms with Crippen LogP contribution in [0.3, 0.4) is 0 Å². The number of fused-ring (bicyclic) bond motifs is 1. The lowest BCUT2D eigenvalue weighted by Crippen LogP contribution is -1.89. The average Bonchev–Trinajstić information content (AvgIpc) is 3.05. The van der Waals surface area contributed by atoms with Gasteiger partial charge in [0.1, 0.15) is 11.8 Å². The van der Waals surface area contributed by atoms with Crippen molar-refractivity contribution in [1.29, 1.82) is 0 Å². The molecule has 2 aliphatic rings. The number of nitrogens with zero attached hydrogens (tertiary/aromatic N) is 4. The third-order valence-electron chi connectivity index (χ3n) is 4.14. The van der Waals surface area contributed by atoms with Crippen LogP contribution >= 0.6 is 0 Å². The molecular weight excluding hydrogens is 292 g/mol. The maximum absolute atomic E-state index is 5.55. The van der Waals surface area contributed by atoms with Crippen LogP contribution in [0.15, 0.2) is 53.6 Å². The molecule has 0 aromatic carbocycles. The summed E-state index contributed by atoms with van der Waals surface area (Å²) in [5.41, 5.74) is 3.72. The molecule has 1 aliphatic carbocycles. The normalized spacial score (nSPS) is 21.5. The predicted octanol–water partition coefficient (Wildman–Crippen LogP) is 2.95. The standard InChI is InChI=1S/C17H12N4O2/c1-2-4-19-14(3-1)16-20-17(23-21-16)11-5-10(7-18-8-11)13-9-22-15-6-12(13)15/h1-5,7-9,12,15H,6H2. The predicted molar refractivity (Wildman–Crippen MR) is 81.7 cm³/mol. The van der Waals surface area contributed by atoms with E-state index in [9.17, 15) is 0 Å². The van der Waals surface area contributed by atoms with Gasteiger partial charge in [0.25, 0.3) is 5.89 Å². The summed E-state index contributed by atoms with van der Waals surface area (Å²) < 4.78 is 10.9. The Morgan fingerprint density at radius 2 is 2.09 bits per heavy atom. The molecule has 1 saturated carbocycles. The SMILES string of the molecule is C1=C(c2cncc(-c3nc(-c4ccccn4)no3)c2)C2CC2O1. The molecule has 3 aromatic heterocycles. The second kappa shape index (κ2) is 4.74. The minimum Gasteiger partial charge on any atom is -0.497 e. The van der Waals surface area contributed by atoms with Crippen LogP contribution < -0.4 is 0 Å². The van der Waals surface area contributed by atoms with E-state index in [1.807, 2.05) is 36.7 Å². The first-order valence-corrected chi connectivity index (χ1v) is 7.45.